The molecule has 1 atom stereocenters. The number of morpholine rings is 1. The molecule has 2 aliphatic rings. The molecule has 2 aliphatic heterocycles. The Kier molecular flexibility index (Phi) is 5.82. The predicted molar refractivity (Wildman–Crippen MR) is 91.8 cm³/mol. The maximum atomic E-state index is 12.1. The number of nitrogens with one attached hydrogen (secondary N) is 2. The number of amides is 2. The molecule has 1 aromatic rings. The number of rotatable bonds is 5. The molecule has 0 spiro atoms. The van der Waals surface area contributed by atoms with Gasteiger partial charge in [-0.05, 0) is 37.0 Å². The average molecular weight is 331 g/mol. The highest BCUT2D eigenvalue weighted by atomic mass is 16.5. The van der Waals surface area contributed by atoms with Crippen LogP contribution in [0, 0.1) is 0 Å². The molecule has 1 aromatic carbocycles. The first-order valence-corrected chi connectivity index (χ1v) is 8.72. The zero-order valence-corrected chi connectivity index (χ0v) is 13.9. The summed E-state index contributed by atoms with van der Waals surface area (Å²) in [6, 6.07) is 7.69. The van der Waals surface area contributed by atoms with Crippen LogP contribution in [0.1, 0.15) is 24.8 Å². The van der Waals surface area contributed by atoms with Gasteiger partial charge in [0.05, 0.1) is 6.61 Å². The highest BCUT2D eigenvalue weighted by molar-refractivity contribution is 5.94. The van der Waals surface area contributed by atoms with Crippen LogP contribution in [0.2, 0.25) is 0 Å². The molecule has 2 amide bonds. The minimum absolute atomic E-state index is 0.126. The minimum atomic E-state index is -0.434. The molecule has 24 heavy (non-hydrogen) atoms. The van der Waals surface area contributed by atoms with Gasteiger partial charge in [0.15, 0.2) is 0 Å². The van der Waals surface area contributed by atoms with Crippen molar-refractivity contribution in [1.29, 1.82) is 0 Å². The van der Waals surface area contributed by atoms with Crippen LogP contribution in [-0.4, -0.2) is 55.6 Å². The maximum absolute atomic E-state index is 12.1. The molecule has 0 saturated carbocycles. The first-order valence-electron chi connectivity index (χ1n) is 8.72. The van der Waals surface area contributed by atoms with E-state index in [4.69, 9.17) is 4.74 Å². The summed E-state index contributed by atoms with van der Waals surface area (Å²) in [5, 5.41) is 6.01. The third-order valence-corrected chi connectivity index (χ3v) is 4.53. The predicted octanol–water partition coefficient (Wildman–Crippen LogP) is 1.17. The van der Waals surface area contributed by atoms with E-state index in [1.54, 1.807) is 0 Å². The average Bonchev–Trinajstić information content (AvgIpc) is 3.16. The lowest BCUT2D eigenvalue weighted by atomic mass is 10.1. The Labute approximate surface area is 142 Å². The van der Waals surface area contributed by atoms with E-state index < -0.39 is 6.10 Å². The van der Waals surface area contributed by atoms with Crippen molar-refractivity contribution in [3.63, 3.8) is 0 Å². The van der Waals surface area contributed by atoms with E-state index in [0.717, 1.165) is 50.1 Å². The Morgan fingerprint density at radius 3 is 2.62 bits per heavy atom. The lowest BCUT2D eigenvalue weighted by Crippen LogP contribution is -2.45. The third-order valence-electron chi connectivity index (χ3n) is 4.53. The van der Waals surface area contributed by atoms with Crippen molar-refractivity contribution in [2.45, 2.75) is 31.8 Å². The third kappa shape index (κ3) is 4.55. The molecule has 6 heteroatoms. The van der Waals surface area contributed by atoms with Crippen LogP contribution in [0.15, 0.2) is 24.3 Å². The number of nitrogens with zero attached hydrogens (tertiary/aromatic N) is 1. The van der Waals surface area contributed by atoms with Crippen molar-refractivity contribution in [1.82, 2.24) is 10.2 Å². The monoisotopic (exact) mass is 331 g/mol. The molecular formula is C18H25N3O3. The zero-order valence-electron chi connectivity index (χ0n) is 13.9. The van der Waals surface area contributed by atoms with Crippen LogP contribution in [0.4, 0.5) is 5.69 Å². The number of carbonyl (C=O) groups excluding carboxylic acids is 2. The summed E-state index contributed by atoms with van der Waals surface area (Å²) in [6.45, 7) is 3.70. The first-order chi connectivity index (χ1) is 11.7. The maximum Gasteiger partial charge on any atom is 0.254 e. The van der Waals surface area contributed by atoms with Gasteiger partial charge in [-0.1, -0.05) is 12.1 Å². The second kappa shape index (κ2) is 8.26. The number of hydrogen-bond acceptors (Lipinski definition) is 4. The summed E-state index contributed by atoms with van der Waals surface area (Å²) in [7, 11) is 0. The van der Waals surface area contributed by atoms with Crippen LogP contribution in [-0.2, 0) is 20.7 Å². The van der Waals surface area contributed by atoms with Crippen molar-refractivity contribution in [3.8, 4) is 0 Å². The molecule has 2 fully saturated rings. The summed E-state index contributed by atoms with van der Waals surface area (Å²) in [5.74, 6) is 0.117. The largest absolute Gasteiger partial charge is 0.366 e. The number of anilines is 1. The number of aryl methyl sites for hydroxylation is 1. The SMILES string of the molecule is O=C(Nc1ccc(CCC(=O)N2CCCC2)cc1)[C@H]1CNCCO1. The second-order valence-electron chi connectivity index (χ2n) is 6.34. The van der Waals surface area contributed by atoms with Gasteiger partial charge < -0.3 is 20.3 Å². The molecule has 0 aromatic heterocycles. The van der Waals surface area contributed by atoms with Gasteiger partial charge in [-0.15, -0.1) is 0 Å². The molecule has 2 saturated heterocycles. The van der Waals surface area contributed by atoms with Crippen LogP contribution in [0.25, 0.3) is 0 Å². The Morgan fingerprint density at radius 1 is 1.21 bits per heavy atom. The topological polar surface area (TPSA) is 70.7 Å². The highest BCUT2D eigenvalue weighted by Crippen LogP contribution is 2.14. The molecule has 2 heterocycles. The standard InChI is InChI=1S/C18H25N3O3/c22-17(21-10-1-2-11-21)8-5-14-3-6-15(7-4-14)20-18(23)16-13-19-9-12-24-16/h3-4,6-7,16,19H,1-2,5,8-13H2,(H,20,23)/t16-/m1/s1. The Hall–Kier alpha value is -1.92. The molecule has 0 aliphatic carbocycles. The summed E-state index contributed by atoms with van der Waals surface area (Å²) in [4.78, 5) is 26.1. The van der Waals surface area contributed by atoms with Gasteiger partial charge in [0, 0.05) is 38.3 Å². The van der Waals surface area contributed by atoms with E-state index in [1.807, 2.05) is 29.2 Å². The van der Waals surface area contributed by atoms with Gasteiger partial charge in [-0.3, -0.25) is 9.59 Å². The second-order valence-corrected chi connectivity index (χ2v) is 6.34. The van der Waals surface area contributed by atoms with Crippen molar-refractivity contribution in [3.05, 3.63) is 29.8 Å². The summed E-state index contributed by atoms with van der Waals surface area (Å²) in [5.41, 5.74) is 1.86. The van der Waals surface area contributed by atoms with Crippen LogP contribution >= 0.6 is 0 Å². The van der Waals surface area contributed by atoms with E-state index in [0.29, 0.717) is 19.6 Å². The van der Waals surface area contributed by atoms with E-state index in [-0.39, 0.29) is 11.8 Å². The van der Waals surface area contributed by atoms with E-state index in [2.05, 4.69) is 10.6 Å². The van der Waals surface area contributed by atoms with Crippen molar-refractivity contribution in [2.24, 2.45) is 0 Å². The number of ether oxygens (including phenoxy) is 1. The zero-order chi connectivity index (χ0) is 16.8. The van der Waals surface area contributed by atoms with Crippen LogP contribution in [0.3, 0.4) is 0 Å². The van der Waals surface area contributed by atoms with Crippen molar-refractivity contribution >= 4 is 17.5 Å². The van der Waals surface area contributed by atoms with E-state index in [1.165, 1.54) is 0 Å². The fourth-order valence-corrected chi connectivity index (χ4v) is 3.09. The molecular weight excluding hydrogens is 306 g/mol. The van der Waals surface area contributed by atoms with Crippen molar-refractivity contribution < 1.29 is 14.3 Å². The molecule has 0 radical (unpaired) electrons. The Morgan fingerprint density at radius 2 is 1.96 bits per heavy atom. The molecule has 0 bridgehead atoms. The summed E-state index contributed by atoms with van der Waals surface area (Å²) < 4.78 is 5.43. The van der Waals surface area contributed by atoms with Gasteiger partial charge in [-0.25, -0.2) is 0 Å². The molecule has 2 N–H and O–H groups in total. The smallest absolute Gasteiger partial charge is 0.254 e. The number of likely N-dealkylation sites (tertiary alicyclic amines) is 1. The minimum Gasteiger partial charge on any atom is -0.366 e. The van der Waals surface area contributed by atoms with Crippen LogP contribution < -0.4 is 10.6 Å². The lowest BCUT2D eigenvalue weighted by molar-refractivity contribution is -0.130. The number of benzene rings is 1. The summed E-state index contributed by atoms with van der Waals surface area (Å²) in [6.07, 6.45) is 3.10. The fraction of sp³-hybridized carbons (Fsp3) is 0.556. The van der Waals surface area contributed by atoms with Gasteiger partial charge in [-0.2, -0.15) is 0 Å². The lowest BCUT2D eigenvalue weighted by Gasteiger charge is -2.22. The molecule has 0 unspecified atom stereocenters. The van der Waals surface area contributed by atoms with Crippen LogP contribution in [0.5, 0.6) is 0 Å². The molecule has 3 rings (SSSR count). The van der Waals surface area contributed by atoms with E-state index >= 15 is 0 Å². The van der Waals surface area contributed by atoms with Gasteiger partial charge in [0.25, 0.3) is 5.91 Å². The first kappa shape index (κ1) is 16.9. The van der Waals surface area contributed by atoms with E-state index in [9.17, 15) is 9.59 Å². The Bertz CT molecular complexity index is 561. The van der Waals surface area contributed by atoms with Crippen molar-refractivity contribution in [2.75, 3.05) is 38.1 Å². The Balaban J connectivity index is 1.46. The number of carbonyl (C=O) groups is 2. The highest BCUT2D eigenvalue weighted by Gasteiger charge is 2.21. The number of hydrogen-bond donors (Lipinski definition) is 2. The van der Waals surface area contributed by atoms with Gasteiger partial charge in [0.1, 0.15) is 6.10 Å². The fourth-order valence-electron chi connectivity index (χ4n) is 3.09. The van der Waals surface area contributed by atoms with Gasteiger partial charge >= 0.3 is 0 Å². The quantitative estimate of drug-likeness (QED) is 0.850. The normalized spacial score (nSPS) is 20.8. The molecule has 130 valence electrons. The van der Waals surface area contributed by atoms with Gasteiger partial charge in [0.2, 0.25) is 5.91 Å². The molecule has 6 nitrogen and oxygen atoms in total. The summed E-state index contributed by atoms with van der Waals surface area (Å²) >= 11 is 0.